The van der Waals surface area contributed by atoms with Crippen LogP contribution in [0.25, 0.3) is 21.8 Å². The Morgan fingerprint density at radius 2 is 1.75 bits per heavy atom. The van der Waals surface area contributed by atoms with Gasteiger partial charge in [-0.25, -0.2) is 4.98 Å². The number of hydrogen-bond acceptors (Lipinski definition) is 7. The van der Waals surface area contributed by atoms with Crippen LogP contribution in [0.5, 0.6) is 0 Å². The van der Waals surface area contributed by atoms with Crippen LogP contribution < -0.4 is 16.4 Å². The molecule has 0 aliphatic heterocycles. The van der Waals surface area contributed by atoms with Crippen LogP contribution in [0.4, 0.5) is 17.7 Å². The van der Waals surface area contributed by atoms with Gasteiger partial charge in [-0.1, -0.05) is 30.3 Å². The highest BCUT2D eigenvalue weighted by Gasteiger charge is 2.22. The number of benzene rings is 2. The van der Waals surface area contributed by atoms with Crippen molar-refractivity contribution in [1.82, 2.24) is 19.9 Å². The standard InChI is InChI=1S/C21H21N7/c1-11(14-9-8-13-7-6-12-4-3-5-15(14)17(12)13)28(2)21-24-10-16-18(22)25-20(23)26-19(16)27-21/h3-5,8-11H,6-7H2,1-2H3,(H4,22,23,24,25,26,27). The minimum absolute atomic E-state index is 0.0823. The number of nitrogen functional groups attached to an aromatic ring is 2. The highest BCUT2D eigenvalue weighted by Crippen LogP contribution is 2.36. The van der Waals surface area contributed by atoms with Crippen molar-refractivity contribution < 1.29 is 0 Å². The Balaban J connectivity index is 1.59. The molecule has 140 valence electrons. The molecule has 1 unspecified atom stereocenters. The first-order chi connectivity index (χ1) is 13.5. The van der Waals surface area contributed by atoms with Crippen molar-refractivity contribution in [2.24, 2.45) is 0 Å². The summed E-state index contributed by atoms with van der Waals surface area (Å²) in [5, 5.41) is 3.32. The lowest BCUT2D eigenvalue weighted by molar-refractivity contribution is 0.722. The van der Waals surface area contributed by atoms with Gasteiger partial charge in [-0.05, 0) is 47.2 Å². The molecule has 0 bridgehead atoms. The predicted molar refractivity (Wildman–Crippen MR) is 112 cm³/mol. The predicted octanol–water partition coefficient (Wildman–Crippen LogP) is 3.03. The number of rotatable bonds is 3. The topological polar surface area (TPSA) is 107 Å². The Kier molecular flexibility index (Phi) is 3.58. The van der Waals surface area contributed by atoms with Gasteiger partial charge in [0.2, 0.25) is 11.9 Å². The molecule has 0 fully saturated rings. The van der Waals surface area contributed by atoms with E-state index in [0.717, 1.165) is 12.8 Å². The zero-order valence-electron chi connectivity index (χ0n) is 15.8. The summed E-state index contributed by atoms with van der Waals surface area (Å²) in [5.41, 5.74) is 16.2. The van der Waals surface area contributed by atoms with Crippen molar-refractivity contribution >= 4 is 39.5 Å². The van der Waals surface area contributed by atoms with Crippen molar-refractivity contribution in [2.75, 3.05) is 23.4 Å². The Morgan fingerprint density at radius 1 is 0.964 bits per heavy atom. The van der Waals surface area contributed by atoms with E-state index in [0.29, 0.717) is 17.0 Å². The zero-order valence-corrected chi connectivity index (χ0v) is 15.8. The molecule has 4 aromatic rings. The maximum Gasteiger partial charge on any atom is 0.227 e. The van der Waals surface area contributed by atoms with E-state index in [4.69, 9.17) is 11.5 Å². The molecule has 7 heteroatoms. The molecule has 0 amide bonds. The van der Waals surface area contributed by atoms with E-state index in [-0.39, 0.29) is 17.8 Å². The Hall–Kier alpha value is -3.48. The van der Waals surface area contributed by atoms with Gasteiger partial charge in [0.25, 0.3) is 0 Å². The van der Waals surface area contributed by atoms with Gasteiger partial charge in [-0.2, -0.15) is 15.0 Å². The van der Waals surface area contributed by atoms with Crippen LogP contribution in [-0.4, -0.2) is 27.0 Å². The van der Waals surface area contributed by atoms with Crippen LogP contribution in [0.3, 0.4) is 0 Å². The third-order valence-electron chi connectivity index (χ3n) is 5.74. The van der Waals surface area contributed by atoms with Gasteiger partial charge >= 0.3 is 0 Å². The van der Waals surface area contributed by atoms with Gasteiger partial charge in [-0.3, -0.25) is 0 Å². The lowest BCUT2D eigenvalue weighted by Crippen LogP contribution is -2.24. The zero-order chi connectivity index (χ0) is 19.4. The molecular weight excluding hydrogens is 350 g/mol. The average molecular weight is 371 g/mol. The molecule has 1 aliphatic rings. The van der Waals surface area contributed by atoms with Crippen molar-refractivity contribution in [3.8, 4) is 0 Å². The van der Waals surface area contributed by atoms with Crippen LogP contribution in [-0.2, 0) is 12.8 Å². The fourth-order valence-electron chi connectivity index (χ4n) is 4.13. The smallest absolute Gasteiger partial charge is 0.227 e. The first-order valence-corrected chi connectivity index (χ1v) is 9.35. The van der Waals surface area contributed by atoms with Crippen molar-refractivity contribution in [2.45, 2.75) is 25.8 Å². The van der Waals surface area contributed by atoms with Crippen molar-refractivity contribution in [1.29, 1.82) is 0 Å². The molecule has 7 nitrogen and oxygen atoms in total. The summed E-state index contributed by atoms with van der Waals surface area (Å²) in [6.07, 6.45) is 3.90. The summed E-state index contributed by atoms with van der Waals surface area (Å²) in [6.45, 7) is 2.16. The summed E-state index contributed by atoms with van der Waals surface area (Å²) in [5.74, 6) is 0.968. The molecule has 2 aromatic carbocycles. The van der Waals surface area contributed by atoms with Crippen molar-refractivity contribution in [3.63, 3.8) is 0 Å². The highest BCUT2D eigenvalue weighted by molar-refractivity contribution is 5.93. The second-order valence-corrected chi connectivity index (χ2v) is 7.31. The molecular formula is C21H21N7. The molecule has 28 heavy (non-hydrogen) atoms. The van der Waals surface area contributed by atoms with Crippen molar-refractivity contribution in [3.05, 3.63) is 53.2 Å². The first kappa shape index (κ1) is 16.7. The van der Waals surface area contributed by atoms with E-state index in [1.807, 2.05) is 11.9 Å². The second-order valence-electron chi connectivity index (χ2n) is 7.31. The highest BCUT2D eigenvalue weighted by atomic mass is 15.3. The van der Waals surface area contributed by atoms with E-state index in [1.54, 1.807) is 6.20 Å². The summed E-state index contributed by atoms with van der Waals surface area (Å²) in [7, 11) is 1.99. The van der Waals surface area contributed by atoms with Gasteiger partial charge in [-0.15, -0.1) is 0 Å². The van der Waals surface area contributed by atoms with Gasteiger partial charge in [0.05, 0.1) is 11.4 Å². The lowest BCUT2D eigenvalue weighted by atomic mass is 9.96. The average Bonchev–Trinajstić information content (AvgIpc) is 3.11. The first-order valence-electron chi connectivity index (χ1n) is 9.35. The summed E-state index contributed by atoms with van der Waals surface area (Å²) >= 11 is 0. The normalized spacial score (nSPS) is 13.9. The summed E-state index contributed by atoms with van der Waals surface area (Å²) in [4.78, 5) is 19.3. The number of anilines is 3. The number of hydrogen-bond donors (Lipinski definition) is 2. The van der Waals surface area contributed by atoms with E-state index in [9.17, 15) is 0 Å². The summed E-state index contributed by atoms with van der Waals surface area (Å²) in [6, 6.07) is 11.2. The van der Waals surface area contributed by atoms with Crippen LogP contribution in [0.15, 0.2) is 36.5 Å². The van der Waals surface area contributed by atoms with E-state index >= 15 is 0 Å². The minimum Gasteiger partial charge on any atom is -0.383 e. The van der Waals surface area contributed by atoms with Crippen LogP contribution in [0.2, 0.25) is 0 Å². The quantitative estimate of drug-likeness (QED) is 0.570. The van der Waals surface area contributed by atoms with E-state index in [1.165, 1.54) is 27.5 Å². The molecule has 1 aliphatic carbocycles. The molecule has 1 atom stereocenters. The number of aryl methyl sites for hydroxylation is 2. The largest absolute Gasteiger partial charge is 0.383 e. The maximum atomic E-state index is 5.91. The molecule has 2 aromatic heterocycles. The number of nitrogens with two attached hydrogens (primary N) is 2. The lowest BCUT2D eigenvalue weighted by Gasteiger charge is -2.26. The fourth-order valence-corrected chi connectivity index (χ4v) is 4.13. The Labute approximate surface area is 162 Å². The molecule has 5 rings (SSSR count). The third kappa shape index (κ3) is 2.43. The van der Waals surface area contributed by atoms with Gasteiger partial charge in [0.1, 0.15) is 5.82 Å². The molecule has 0 spiro atoms. The number of nitrogens with zero attached hydrogens (tertiary/aromatic N) is 5. The Morgan fingerprint density at radius 3 is 2.57 bits per heavy atom. The monoisotopic (exact) mass is 371 g/mol. The van der Waals surface area contributed by atoms with E-state index in [2.05, 4.69) is 57.2 Å². The van der Waals surface area contributed by atoms with Crippen LogP contribution in [0, 0.1) is 0 Å². The van der Waals surface area contributed by atoms with Gasteiger partial charge in [0, 0.05) is 13.2 Å². The van der Waals surface area contributed by atoms with Gasteiger partial charge < -0.3 is 16.4 Å². The molecule has 0 saturated carbocycles. The Bertz CT molecular complexity index is 1220. The molecule has 0 radical (unpaired) electrons. The maximum absolute atomic E-state index is 5.91. The molecule has 4 N–H and O–H groups in total. The minimum atomic E-state index is 0.0823. The molecule has 0 saturated heterocycles. The number of fused-ring (bicyclic) bond motifs is 1. The van der Waals surface area contributed by atoms with Crippen LogP contribution in [0.1, 0.15) is 29.7 Å². The van der Waals surface area contributed by atoms with Crippen LogP contribution >= 0.6 is 0 Å². The fraction of sp³-hybridized carbons (Fsp3) is 0.238. The van der Waals surface area contributed by atoms with Gasteiger partial charge in [0.15, 0.2) is 5.65 Å². The number of aromatic nitrogens is 4. The SMILES string of the molecule is CC(c1ccc2c3c(cccc13)CC2)N(C)c1ncc2c(N)nc(N)nc2n1. The second kappa shape index (κ2) is 6.02. The molecule has 2 heterocycles. The van der Waals surface area contributed by atoms with E-state index < -0.39 is 0 Å². The summed E-state index contributed by atoms with van der Waals surface area (Å²) < 4.78 is 0. The third-order valence-corrected chi connectivity index (χ3v) is 5.74.